The topological polar surface area (TPSA) is 138 Å². The molecular formula is C19H20N2O7. The molecule has 2 aromatic rings. The number of carbonyl (C=O) groups excluding carboxylic acids is 4. The van der Waals surface area contributed by atoms with E-state index >= 15 is 0 Å². The molecule has 0 aliphatic rings. The quantitative estimate of drug-likeness (QED) is 0.692. The van der Waals surface area contributed by atoms with Gasteiger partial charge in [-0.25, -0.2) is 9.59 Å². The summed E-state index contributed by atoms with van der Waals surface area (Å²) in [6.45, 7) is 4.29. The molecule has 9 heteroatoms. The van der Waals surface area contributed by atoms with E-state index in [4.69, 9.17) is 19.6 Å². The molecule has 2 rings (SSSR count). The Morgan fingerprint density at radius 3 is 2.39 bits per heavy atom. The molecule has 0 unspecified atom stereocenters. The number of primary amides is 1. The van der Waals surface area contributed by atoms with Crippen molar-refractivity contribution in [1.82, 2.24) is 0 Å². The fourth-order valence-corrected chi connectivity index (χ4v) is 2.47. The first kappa shape index (κ1) is 20.7. The van der Waals surface area contributed by atoms with Crippen molar-refractivity contribution in [1.29, 1.82) is 0 Å². The summed E-state index contributed by atoms with van der Waals surface area (Å²) in [7, 11) is 0. The lowest BCUT2D eigenvalue weighted by atomic mass is 10.1. The lowest BCUT2D eigenvalue weighted by Gasteiger charge is -2.06. The van der Waals surface area contributed by atoms with Gasteiger partial charge in [0.15, 0.2) is 6.61 Å². The van der Waals surface area contributed by atoms with Crippen molar-refractivity contribution >= 4 is 29.6 Å². The van der Waals surface area contributed by atoms with Crippen LogP contribution < -0.4 is 11.1 Å². The number of anilines is 1. The normalized spacial score (nSPS) is 10.2. The van der Waals surface area contributed by atoms with Crippen molar-refractivity contribution in [3.05, 3.63) is 52.3 Å². The molecule has 0 radical (unpaired) electrons. The smallest absolute Gasteiger partial charge is 0.342 e. The van der Waals surface area contributed by atoms with E-state index in [1.165, 1.54) is 6.92 Å². The summed E-state index contributed by atoms with van der Waals surface area (Å²) >= 11 is 0. The zero-order valence-corrected chi connectivity index (χ0v) is 15.7. The Hall–Kier alpha value is -3.62. The zero-order valence-electron chi connectivity index (χ0n) is 15.7. The average molecular weight is 388 g/mol. The second-order valence-corrected chi connectivity index (χ2v) is 5.82. The molecule has 2 amide bonds. The summed E-state index contributed by atoms with van der Waals surface area (Å²) in [4.78, 5) is 47.8. The molecule has 3 N–H and O–H groups in total. The van der Waals surface area contributed by atoms with Crippen LogP contribution >= 0.6 is 0 Å². The summed E-state index contributed by atoms with van der Waals surface area (Å²) in [6.07, 6.45) is 0. The van der Waals surface area contributed by atoms with E-state index in [0.717, 1.165) is 5.56 Å². The maximum Gasteiger partial charge on any atom is 0.342 e. The Bertz CT molecular complexity index is 930. The number of furan rings is 1. The highest BCUT2D eigenvalue weighted by Gasteiger charge is 2.29. The summed E-state index contributed by atoms with van der Waals surface area (Å²) in [5.41, 5.74) is 5.99. The fourth-order valence-electron chi connectivity index (χ4n) is 2.47. The van der Waals surface area contributed by atoms with Gasteiger partial charge >= 0.3 is 11.9 Å². The van der Waals surface area contributed by atoms with Gasteiger partial charge in [0.25, 0.3) is 11.8 Å². The number of amides is 2. The Kier molecular flexibility index (Phi) is 6.54. The van der Waals surface area contributed by atoms with Gasteiger partial charge in [0.05, 0.1) is 12.2 Å². The van der Waals surface area contributed by atoms with Gasteiger partial charge in [0.2, 0.25) is 5.88 Å². The molecular weight excluding hydrogens is 368 g/mol. The van der Waals surface area contributed by atoms with Crippen LogP contribution in [0.4, 0.5) is 5.88 Å². The van der Waals surface area contributed by atoms with Crippen molar-refractivity contribution in [3.63, 3.8) is 0 Å². The first-order valence-electron chi connectivity index (χ1n) is 8.38. The van der Waals surface area contributed by atoms with Gasteiger partial charge in [0.1, 0.15) is 16.9 Å². The standard InChI is InChI=1S/C19H20N2O7/c1-4-26-19(25)14-11(3)28-17(15(14)16(20)23)21-13(22)9-27-18(24)12-7-5-6-10(2)8-12/h5-8H,4,9H2,1-3H3,(H2,20,23)(H,21,22). The van der Waals surface area contributed by atoms with E-state index in [1.807, 2.05) is 13.0 Å². The minimum Gasteiger partial charge on any atom is -0.462 e. The fraction of sp³-hybridized carbons (Fsp3) is 0.263. The van der Waals surface area contributed by atoms with Crippen LogP contribution in [0.15, 0.2) is 28.7 Å². The van der Waals surface area contributed by atoms with Crippen molar-refractivity contribution in [2.24, 2.45) is 5.73 Å². The molecule has 0 spiro atoms. The maximum atomic E-state index is 12.1. The first-order chi connectivity index (χ1) is 13.2. The Balaban J connectivity index is 2.11. The van der Waals surface area contributed by atoms with E-state index < -0.39 is 30.4 Å². The van der Waals surface area contributed by atoms with Crippen molar-refractivity contribution in [2.45, 2.75) is 20.8 Å². The third-order valence-corrected chi connectivity index (χ3v) is 3.65. The number of nitrogens with one attached hydrogen (secondary N) is 1. The number of benzene rings is 1. The van der Waals surface area contributed by atoms with Gasteiger partial charge in [-0.3, -0.25) is 14.9 Å². The van der Waals surface area contributed by atoms with Gasteiger partial charge < -0.3 is 19.6 Å². The van der Waals surface area contributed by atoms with Crippen LogP contribution in [0.1, 0.15) is 49.3 Å². The van der Waals surface area contributed by atoms with E-state index in [9.17, 15) is 19.2 Å². The molecule has 0 atom stereocenters. The monoisotopic (exact) mass is 388 g/mol. The van der Waals surface area contributed by atoms with E-state index in [-0.39, 0.29) is 29.4 Å². The molecule has 0 aliphatic carbocycles. The lowest BCUT2D eigenvalue weighted by Crippen LogP contribution is -2.23. The lowest BCUT2D eigenvalue weighted by molar-refractivity contribution is -0.119. The highest BCUT2D eigenvalue weighted by molar-refractivity contribution is 6.10. The zero-order chi connectivity index (χ0) is 20.8. The van der Waals surface area contributed by atoms with E-state index in [1.54, 1.807) is 25.1 Å². The number of esters is 2. The number of carbonyl (C=O) groups is 4. The van der Waals surface area contributed by atoms with Crippen LogP contribution in [0.3, 0.4) is 0 Å². The SMILES string of the molecule is CCOC(=O)c1c(C)oc(NC(=O)COC(=O)c2cccc(C)c2)c1C(N)=O. The largest absolute Gasteiger partial charge is 0.462 e. The molecule has 28 heavy (non-hydrogen) atoms. The molecule has 0 fully saturated rings. The first-order valence-corrected chi connectivity index (χ1v) is 8.38. The van der Waals surface area contributed by atoms with Gasteiger partial charge in [-0.15, -0.1) is 0 Å². The predicted molar refractivity (Wildman–Crippen MR) is 98.0 cm³/mol. The molecule has 0 saturated carbocycles. The minimum absolute atomic E-state index is 0.0549. The van der Waals surface area contributed by atoms with Crippen LogP contribution in [0.5, 0.6) is 0 Å². The van der Waals surface area contributed by atoms with Crippen molar-refractivity contribution in [2.75, 3.05) is 18.5 Å². The predicted octanol–water partition coefficient (Wildman–Crippen LogP) is 1.97. The summed E-state index contributed by atoms with van der Waals surface area (Å²) in [5, 5.41) is 2.28. The van der Waals surface area contributed by atoms with Crippen LogP contribution in [-0.4, -0.2) is 37.0 Å². The number of ether oxygens (including phenoxy) is 2. The van der Waals surface area contributed by atoms with Crippen molar-refractivity contribution in [3.8, 4) is 0 Å². The molecule has 1 aromatic carbocycles. The third kappa shape index (κ3) is 4.76. The molecule has 1 heterocycles. The van der Waals surface area contributed by atoms with Crippen molar-refractivity contribution < 1.29 is 33.1 Å². The minimum atomic E-state index is -0.980. The number of hydrogen-bond donors (Lipinski definition) is 2. The Morgan fingerprint density at radius 1 is 1.07 bits per heavy atom. The third-order valence-electron chi connectivity index (χ3n) is 3.65. The van der Waals surface area contributed by atoms with Crippen LogP contribution in [0, 0.1) is 13.8 Å². The molecule has 0 aliphatic heterocycles. The van der Waals surface area contributed by atoms with Gasteiger partial charge in [-0.05, 0) is 32.9 Å². The average Bonchev–Trinajstić information content (AvgIpc) is 2.95. The van der Waals surface area contributed by atoms with Crippen LogP contribution in [0.25, 0.3) is 0 Å². The van der Waals surface area contributed by atoms with Gasteiger partial charge in [0, 0.05) is 0 Å². The Labute approximate surface area is 160 Å². The number of nitrogens with two attached hydrogens (primary N) is 1. The Morgan fingerprint density at radius 2 is 1.79 bits per heavy atom. The van der Waals surface area contributed by atoms with Crippen LogP contribution in [-0.2, 0) is 14.3 Å². The molecule has 0 saturated heterocycles. The van der Waals surface area contributed by atoms with E-state index in [0.29, 0.717) is 5.56 Å². The maximum absolute atomic E-state index is 12.1. The molecule has 1 aromatic heterocycles. The summed E-state index contributed by atoms with van der Waals surface area (Å²) in [5.74, 6) is -3.50. The summed E-state index contributed by atoms with van der Waals surface area (Å²) < 4.78 is 15.1. The van der Waals surface area contributed by atoms with Gasteiger partial charge in [-0.1, -0.05) is 17.7 Å². The van der Waals surface area contributed by atoms with Crippen LogP contribution in [0.2, 0.25) is 0 Å². The van der Waals surface area contributed by atoms with Gasteiger partial charge in [-0.2, -0.15) is 0 Å². The molecule has 0 bridgehead atoms. The molecule has 9 nitrogen and oxygen atoms in total. The number of rotatable bonds is 7. The highest BCUT2D eigenvalue weighted by Crippen LogP contribution is 2.27. The van der Waals surface area contributed by atoms with E-state index in [2.05, 4.69) is 5.32 Å². The summed E-state index contributed by atoms with van der Waals surface area (Å²) in [6, 6.07) is 6.68. The number of hydrogen-bond acceptors (Lipinski definition) is 7. The second-order valence-electron chi connectivity index (χ2n) is 5.82. The molecule has 148 valence electrons. The highest BCUT2D eigenvalue weighted by atomic mass is 16.5. The number of aryl methyl sites for hydroxylation is 2. The second kappa shape index (κ2) is 8.85.